The second kappa shape index (κ2) is 5.51. The first-order valence-corrected chi connectivity index (χ1v) is 5.88. The molecule has 1 heterocycles. The van der Waals surface area contributed by atoms with Crippen LogP contribution in [0.5, 0.6) is 11.8 Å². The van der Waals surface area contributed by atoms with E-state index in [0.717, 1.165) is 11.3 Å². The van der Waals surface area contributed by atoms with Gasteiger partial charge in [0.15, 0.2) is 0 Å². The second-order valence-corrected chi connectivity index (χ2v) is 4.18. The zero-order valence-corrected chi connectivity index (χ0v) is 11.0. The molecule has 0 saturated carbocycles. The number of rotatable bonds is 4. The summed E-state index contributed by atoms with van der Waals surface area (Å²) in [4.78, 5) is 21.6. The van der Waals surface area contributed by atoms with Gasteiger partial charge in [0.2, 0.25) is 0 Å². The zero-order valence-electron chi connectivity index (χ0n) is 11.0. The molecule has 0 fully saturated rings. The molecule has 0 aliphatic carbocycles. The van der Waals surface area contributed by atoms with Crippen molar-refractivity contribution in [2.45, 2.75) is 20.0 Å². The minimum absolute atomic E-state index is 0.0428. The van der Waals surface area contributed by atoms with Crippen molar-refractivity contribution in [1.29, 1.82) is 0 Å². The predicted molar refractivity (Wildman–Crippen MR) is 70.4 cm³/mol. The van der Waals surface area contributed by atoms with Crippen LogP contribution < -0.4 is 15.2 Å². The van der Waals surface area contributed by atoms with Gasteiger partial charge in [-0.25, -0.2) is 4.79 Å². The van der Waals surface area contributed by atoms with Crippen LogP contribution in [0.4, 0.5) is 0 Å². The van der Waals surface area contributed by atoms with Crippen molar-refractivity contribution in [3.63, 3.8) is 0 Å². The maximum Gasteiger partial charge on any atom is 0.351 e. The van der Waals surface area contributed by atoms with E-state index in [4.69, 9.17) is 9.47 Å². The van der Waals surface area contributed by atoms with Crippen molar-refractivity contribution < 1.29 is 9.47 Å². The summed E-state index contributed by atoms with van der Waals surface area (Å²) in [7, 11) is 1.41. The van der Waals surface area contributed by atoms with Crippen LogP contribution in [-0.4, -0.2) is 28.2 Å². The van der Waals surface area contributed by atoms with E-state index in [-0.39, 0.29) is 12.1 Å². The summed E-state index contributed by atoms with van der Waals surface area (Å²) in [6, 6.07) is 7.32. The first-order valence-electron chi connectivity index (χ1n) is 5.88. The Morgan fingerprint density at radius 3 is 2.42 bits per heavy atom. The largest absolute Gasteiger partial charge is 0.491 e. The molecule has 2 rings (SSSR count). The number of aromatic nitrogens is 3. The van der Waals surface area contributed by atoms with Gasteiger partial charge in [-0.1, -0.05) is 0 Å². The third kappa shape index (κ3) is 3.31. The topological polar surface area (TPSA) is 77.1 Å². The van der Waals surface area contributed by atoms with Gasteiger partial charge >= 0.3 is 11.7 Å². The summed E-state index contributed by atoms with van der Waals surface area (Å²) < 4.78 is 10.4. The Hall–Kier alpha value is -2.37. The van der Waals surface area contributed by atoms with Gasteiger partial charge in [-0.15, -0.1) is 4.98 Å². The fourth-order valence-corrected chi connectivity index (χ4v) is 1.56. The fraction of sp³-hybridized carbons (Fsp3) is 0.308. The van der Waals surface area contributed by atoms with E-state index in [1.807, 2.05) is 38.1 Å². The Bertz CT molecular complexity index is 605. The molecular formula is C13H15N3O3. The summed E-state index contributed by atoms with van der Waals surface area (Å²) in [5.41, 5.74) is 0.262. The molecule has 0 unspecified atom stereocenters. The highest BCUT2D eigenvalue weighted by molar-refractivity contribution is 5.56. The summed E-state index contributed by atoms with van der Waals surface area (Å²) >= 11 is 0. The van der Waals surface area contributed by atoms with Gasteiger partial charge in [-0.2, -0.15) is 4.98 Å². The summed E-state index contributed by atoms with van der Waals surface area (Å²) in [6.45, 7) is 3.92. The summed E-state index contributed by atoms with van der Waals surface area (Å²) in [5.74, 6) is 1.18. The lowest BCUT2D eigenvalue weighted by molar-refractivity contribution is 0.242. The molecule has 6 nitrogen and oxygen atoms in total. The fourth-order valence-electron chi connectivity index (χ4n) is 1.56. The number of aromatic amines is 1. The zero-order chi connectivity index (χ0) is 13.8. The number of hydrogen-bond donors (Lipinski definition) is 1. The number of H-pyrrole nitrogens is 1. The second-order valence-electron chi connectivity index (χ2n) is 4.18. The maximum absolute atomic E-state index is 11.3. The van der Waals surface area contributed by atoms with E-state index in [9.17, 15) is 4.79 Å². The number of nitrogens with one attached hydrogen (secondary N) is 1. The summed E-state index contributed by atoms with van der Waals surface area (Å²) in [6.07, 6.45) is 0.116. The highest BCUT2D eigenvalue weighted by Gasteiger charge is 2.06. The van der Waals surface area contributed by atoms with E-state index >= 15 is 0 Å². The lowest BCUT2D eigenvalue weighted by atomic mass is 10.2. The minimum Gasteiger partial charge on any atom is -0.491 e. The monoisotopic (exact) mass is 261 g/mol. The average molecular weight is 261 g/mol. The molecule has 100 valence electrons. The standard InChI is InChI=1S/C13H15N3O3/c1-8(2)19-10-6-4-9(5-7-10)11-14-12(17)16-13(15-11)18-3/h4-8H,1-3H3,(H,14,15,16,17). The molecule has 19 heavy (non-hydrogen) atoms. The lowest BCUT2D eigenvalue weighted by Crippen LogP contribution is -2.14. The maximum atomic E-state index is 11.3. The summed E-state index contributed by atoms with van der Waals surface area (Å²) in [5, 5.41) is 0. The van der Waals surface area contributed by atoms with Crippen molar-refractivity contribution in [1.82, 2.24) is 15.0 Å². The highest BCUT2D eigenvalue weighted by atomic mass is 16.5. The number of benzene rings is 1. The van der Waals surface area contributed by atoms with Gasteiger partial charge < -0.3 is 9.47 Å². The SMILES string of the molecule is COc1nc(-c2ccc(OC(C)C)cc2)[nH]c(=O)n1. The van der Waals surface area contributed by atoms with Crippen LogP contribution >= 0.6 is 0 Å². The molecule has 0 radical (unpaired) electrons. The van der Waals surface area contributed by atoms with E-state index in [2.05, 4.69) is 15.0 Å². The molecule has 0 saturated heterocycles. The van der Waals surface area contributed by atoms with E-state index in [1.165, 1.54) is 7.11 Å². The Labute approximate surface area is 110 Å². The molecule has 1 N–H and O–H groups in total. The molecule has 0 amide bonds. The smallest absolute Gasteiger partial charge is 0.351 e. The van der Waals surface area contributed by atoms with E-state index in [1.54, 1.807) is 0 Å². The predicted octanol–water partition coefficient (Wildman–Crippen LogP) is 1.63. The van der Waals surface area contributed by atoms with Gasteiger partial charge in [-0.3, -0.25) is 4.98 Å². The number of methoxy groups -OCH3 is 1. The van der Waals surface area contributed by atoms with Gasteiger partial charge in [0.05, 0.1) is 13.2 Å². The van der Waals surface area contributed by atoms with Crippen molar-refractivity contribution in [2.75, 3.05) is 7.11 Å². The Kier molecular flexibility index (Phi) is 3.79. The van der Waals surface area contributed by atoms with Crippen LogP contribution in [-0.2, 0) is 0 Å². The van der Waals surface area contributed by atoms with Gasteiger partial charge in [-0.05, 0) is 38.1 Å². The number of ether oxygens (including phenoxy) is 2. The molecule has 1 aromatic heterocycles. The molecule has 1 aromatic carbocycles. The third-order valence-electron chi connectivity index (χ3n) is 2.31. The molecule has 6 heteroatoms. The Morgan fingerprint density at radius 1 is 1.16 bits per heavy atom. The van der Waals surface area contributed by atoms with Crippen molar-refractivity contribution >= 4 is 0 Å². The van der Waals surface area contributed by atoms with Crippen LogP contribution in [0.15, 0.2) is 29.1 Å². The van der Waals surface area contributed by atoms with Crippen LogP contribution in [0.3, 0.4) is 0 Å². The average Bonchev–Trinajstić information content (AvgIpc) is 2.38. The van der Waals surface area contributed by atoms with Crippen LogP contribution in [0, 0.1) is 0 Å². The van der Waals surface area contributed by atoms with Gasteiger partial charge in [0.25, 0.3) is 0 Å². The van der Waals surface area contributed by atoms with Crippen molar-refractivity contribution in [3.05, 3.63) is 34.7 Å². The van der Waals surface area contributed by atoms with E-state index in [0.29, 0.717) is 5.82 Å². The Balaban J connectivity index is 2.31. The molecule has 2 aromatic rings. The van der Waals surface area contributed by atoms with Gasteiger partial charge in [0, 0.05) is 5.56 Å². The van der Waals surface area contributed by atoms with Crippen LogP contribution in [0.25, 0.3) is 11.4 Å². The first kappa shape index (κ1) is 13.1. The third-order valence-corrected chi connectivity index (χ3v) is 2.31. The van der Waals surface area contributed by atoms with E-state index < -0.39 is 5.69 Å². The minimum atomic E-state index is -0.496. The molecule has 0 spiro atoms. The number of nitrogens with zero attached hydrogens (tertiary/aromatic N) is 2. The molecular weight excluding hydrogens is 246 g/mol. The molecule has 0 aliphatic heterocycles. The van der Waals surface area contributed by atoms with Gasteiger partial charge in [0.1, 0.15) is 11.6 Å². The van der Waals surface area contributed by atoms with Crippen molar-refractivity contribution in [3.8, 4) is 23.1 Å². The normalized spacial score (nSPS) is 10.5. The lowest BCUT2D eigenvalue weighted by Gasteiger charge is -2.09. The van der Waals surface area contributed by atoms with Crippen LogP contribution in [0.1, 0.15) is 13.8 Å². The Morgan fingerprint density at radius 2 is 1.84 bits per heavy atom. The molecule has 0 aliphatic rings. The highest BCUT2D eigenvalue weighted by Crippen LogP contribution is 2.20. The molecule has 0 atom stereocenters. The van der Waals surface area contributed by atoms with Crippen molar-refractivity contribution in [2.24, 2.45) is 0 Å². The molecule has 0 bridgehead atoms. The number of hydrogen-bond acceptors (Lipinski definition) is 5. The van der Waals surface area contributed by atoms with Crippen LogP contribution in [0.2, 0.25) is 0 Å². The first-order chi connectivity index (χ1) is 9.08. The quantitative estimate of drug-likeness (QED) is 0.905.